The lowest BCUT2D eigenvalue weighted by atomic mass is 9.95. The van der Waals surface area contributed by atoms with Gasteiger partial charge in [-0.15, -0.1) is 11.3 Å². The molecule has 8 heteroatoms. The maximum atomic E-state index is 14.0. The molecule has 0 aliphatic carbocycles. The smallest absolute Gasteiger partial charge is 0.338 e. The number of hydrogen-bond donors (Lipinski definition) is 0. The van der Waals surface area contributed by atoms with Crippen LogP contribution in [-0.2, 0) is 11.2 Å². The molecular weight excluding hydrogens is 436 g/mol. The Hall–Kier alpha value is -3.52. The number of benzene rings is 1. The van der Waals surface area contributed by atoms with Crippen molar-refractivity contribution in [2.75, 3.05) is 18.6 Å². The number of thiophene rings is 1. The van der Waals surface area contributed by atoms with Gasteiger partial charge in [-0.3, -0.25) is 4.79 Å². The molecule has 3 aromatic heterocycles. The summed E-state index contributed by atoms with van der Waals surface area (Å²) in [5.41, 5.74) is 4.13. The number of rotatable bonds is 4. The molecule has 1 aromatic carbocycles. The van der Waals surface area contributed by atoms with Crippen molar-refractivity contribution in [1.82, 2.24) is 14.8 Å². The monoisotopic (exact) mass is 460 g/mol. The molecule has 4 aromatic rings. The van der Waals surface area contributed by atoms with Crippen molar-refractivity contribution < 1.29 is 14.3 Å². The minimum atomic E-state index is -0.384. The molecule has 5 rings (SSSR count). The molecular formula is C25H24N4O3S. The first-order valence-corrected chi connectivity index (χ1v) is 11.8. The summed E-state index contributed by atoms with van der Waals surface area (Å²) >= 11 is 1.59. The third kappa shape index (κ3) is 3.60. The van der Waals surface area contributed by atoms with Crippen LogP contribution in [0.1, 0.15) is 52.6 Å². The fourth-order valence-corrected chi connectivity index (χ4v) is 5.09. The van der Waals surface area contributed by atoms with Crippen LogP contribution in [0.5, 0.6) is 0 Å². The quantitative estimate of drug-likeness (QED) is 0.395. The van der Waals surface area contributed by atoms with Crippen molar-refractivity contribution in [3.63, 3.8) is 0 Å². The van der Waals surface area contributed by atoms with E-state index in [2.05, 4.69) is 5.10 Å². The van der Waals surface area contributed by atoms with Crippen molar-refractivity contribution in [2.24, 2.45) is 0 Å². The zero-order valence-corrected chi connectivity index (χ0v) is 19.6. The van der Waals surface area contributed by atoms with Crippen molar-refractivity contribution in [3.05, 3.63) is 64.7 Å². The van der Waals surface area contributed by atoms with Crippen molar-refractivity contribution in [2.45, 2.75) is 32.7 Å². The number of ether oxygens (including phenoxy) is 1. The van der Waals surface area contributed by atoms with Gasteiger partial charge in [-0.2, -0.15) is 5.10 Å². The Labute approximate surface area is 195 Å². The van der Waals surface area contributed by atoms with E-state index in [0.717, 1.165) is 40.0 Å². The fraction of sp³-hybridized carbons (Fsp3) is 0.280. The normalized spacial score (nSPS) is 13.4. The van der Waals surface area contributed by atoms with E-state index in [4.69, 9.17) is 9.72 Å². The first-order chi connectivity index (χ1) is 16.0. The minimum absolute atomic E-state index is 0.106. The van der Waals surface area contributed by atoms with Crippen molar-refractivity contribution in [1.29, 1.82) is 0 Å². The number of nitrogens with zero attached hydrogens (tertiary/aromatic N) is 4. The molecule has 0 spiro atoms. The van der Waals surface area contributed by atoms with Crippen LogP contribution < -0.4 is 4.90 Å². The number of anilines is 1. The third-order valence-electron chi connectivity index (χ3n) is 5.96. The van der Waals surface area contributed by atoms with E-state index in [1.807, 2.05) is 48.2 Å². The summed E-state index contributed by atoms with van der Waals surface area (Å²) in [6, 6.07) is 11.4. The van der Waals surface area contributed by atoms with Gasteiger partial charge < -0.3 is 9.64 Å². The number of carbonyl (C=O) groups is 2. The van der Waals surface area contributed by atoms with Crippen LogP contribution >= 0.6 is 11.3 Å². The zero-order valence-electron chi connectivity index (χ0n) is 18.7. The molecule has 0 atom stereocenters. The Morgan fingerprint density at radius 2 is 2.00 bits per heavy atom. The second kappa shape index (κ2) is 8.44. The van der Waals surface area contributed by atoms with E-state index >= 15 is 0 Å². The second-order valence-electron chi connectivity index (χ2n) is 8.31. The SMILES string of the molecule is COC(=O)c1cccc2c1CCCN2C(=O)c1cc(-c2cccs2)nc2c1cnn2C(C)C. The molecule has 0 saturated heterocycles. The summed E-state index contributed by atoms with van der Waals surface area (Å²) in [7, 11) is 1.37. The average molecular weight is 461 g/mol. The van der Waals surface area contributed by atoms with Crippen LogP contribution in [0.3, 0.4) is 0 Å². The number of esters is 1. The van der Waals surface area contributed by atoms with E-state index in [1.165, 1.54) is 7.11 Å². The Balaban J connectivity index is 1.67. The Morgan fingerprint density at radius 3 is 2.73 bits per heavy atom. The van der Waals surface area contributed by atoms with Crippen molar-refractivity contribution in [3.8, 4) is 10.6 Å². The molecule has 0 unspecified atom stereocenters. The highest BCUT2D eigenvalue weighted by atomic mass is 32.1. The summed E-state index contributed by atoms with van der Waals surface area (Å²) in [5.74, 6) is -0.503. The highest BCUT2D eigenvalue weighted by Gasteiger charge is 2.29. The van der Waals surface area contributed by atoms with Crippen LogP contribution in [0.15, 0.2) is 48.0 Å². The number of fused-ring (bicyclic) bond motifs is 2. The second-order valence-corrected chi connectivity index (χ2v) is 9.26. The van der Waals surface area contributed by atoms with E-state index in [9.17, 15) is 9.59 Å². The Morgan fingerprint density at radius 1 is 1.15 bits per heavy atom. The number of carbonyl (C=O) groups excluding carboxylic acids is 2. The van der Waals surface area contributed by atoms with Gasteiger partial charge in [-0.05, 0) is 61.9 Å². The molecule has 33 heavy (non-hydrogen) atoms. The number of pyridine rings is 1. The van der Waals surface area contributed by atoms with E-state index in [1.54, 1.807) is 34.6 Å². The van der Waals surface area contributed by atoms with E-state index in [-0.39, 0.29) is 17.9 Å². The highest BCUT2D eigenvalue weighted by molar-refractivity contribution is 7.13. The molecule has 0 saturated carbocycles. The third-order valence-corrected chi connectivity index (χ3v) is 6.85. The van der Waals surface area contributed by atoms with Crippen LogP contribution in [0.2, 0.25) is 0 Å². The Bertz CT molecular complexity index is 1360. The lowest BCUT2D eigenvalue weighted by Gasteiger charge is -2.30. The largest absolute Gasteiger partial charge is 0.465 e. The van der Waals surface area contributed by atoms with Gasteiger partial charge in [-0.25, -0.2) is 14.5 Å². The predicted molar refractivity (Wildman–Crippen MR) is 129 cm³/mol. The van der Waals surface area contributed by atoms with Crippen molar-refractivity contribution >= 4 is 39.9 Å². The molecule has 0 radical (unpaired) electrons. The summed E-state index contributed by atoms with van der Waals surface area (Å²) in [4.78, 5) is 33.9. The maximum Gasteiger partial charge on any atom is 0.338 e. The summed E-state index contributed by atoms with van der Waals surface area (Å²) in [5, 5.41) is 7.25. The van der Waals surface area contributed by atoms with Crippen LogP contribution in [0.25, 0.3) is 21.6 Å². The number of amides is 1. The number of aromatic nitrogens is 3. The topological polar surface area (TPSA) is 77.3 Å². The summed E-state index contributed by atoms with van der Waals surface area (Å²) < 4.78 is 6.81. The molecule has 0 fully saturated rings. The minimum Gasteiger partial charge on any atom is -0.465 e. The van der Waals surface area contributed by atoms with Gasteiger partial charge in [0.25, 0.3) is 5.91 Å². The molecule has 7 nitrogen and oxygen atoms in total. The predicted octanol–water partition coefficient (Wildman–Crippen LogP) is 5.12. The van der Waals surface area contributed by atoms with Gasteiger partial charge in [0.15, 0.2) is 5.65 Å². The Kier molecular flexibility index (Phi) is 5.46. The van der Waals surface area contributed by atoms with E-state index < -0.39 is 0 Å². The van der Waals surface area contributed by atoms with Crippen LogP contribution in [0, 0.1) is 0 Å². The van der Waals surface area contributed by atoms with Gasteiger partial charge in [0.05, 0.1) is 40.4 Å². The molecule has 0 bridgehead atoms. The summed E-state index contributed by atoms with van der Waals surface area (Å²) in [6.45, 7) is 4.66. The maximum absolute atomic E-state index is 14.0. The molecule has 1 aliphatic heterocycles. The zero-order chi connectivity index (χ0) is 23.1. The van der Waals surface area contributed by atoms with Gasteiger partial charge >= 0.3 is 5.97 Å². The number of hydrogen-bond acceptors (Lipinski definition) is 6. The molecule has 168 valence electrons. The van der Waals surface area contributed by atoms with Gasteiger partial charge in [0.2, 0.25) is 0 Å². The highest BCUT2D eigenvalue weighted by Crippen LogP contribution is 2.34. The van der Waals surface area contributed by atoms with E-state index in [0.29, 0.717) is 23.3 Å². The fourth-order valence-electron chi connectivity index (χ4n) is 4.41. The first-order valence-electron chi connectivity index (χ1n) is 10.9. The van der Waals surface area contributed by atoms with Gasteiger partial charge in [-0.1, -0.05) is 12.1 Å². The number of methoxy groups -OCH3 is 1. The standard InChI is InChI=1S/C25H24N4O3S/c1-15(2)29-23-19(14-26-29)18(13-20(27-23)22-10-6-12-33-22)24(30)28-11-5-8-16-17(25(31)32-3)7-4-9-21(16)28/h4,6-7,9-10,12-15H,5,8,11H2,1-3H3. The molecule has 0 N–H and O–H groups in total. The van der Waals surface area contributed by atoms with Gasteiger partial charge in [0, 0.05) is 18.3 Å². The average Bonchev–Trinajstić information content (AvgIpc) is 3.52. The van der Waals surface area contributed by atoms with Crippen LogP contribution in [-0.4, -0.2) is 40.3 Å². The molecule has 1 amide bonds. The molecule has 4 heterocycles. The van der Waals surface area contributed by atoms with Crippen LogP contribution in [0.4, 0.5) is 5.69 Å². The lowest BCUT2D eigenvalue weighted by Crippen LogP contribution is -2.36. The lowest BCUT2D eigenvalue weighted by molar-refractivity contribution is 0.0599. The first kappa shape index (κ1) is 21.3. The molecule has 1 aliphatic rings. The summed E-state index contributed by atoms with van der Waals surface area (Å²) in [6.07, 6.45) is 3.22. The van der Waals surface area contributed by atoms with Gasteiger partial charge in [0.1, 0.15) is 0 Å².